The zero-order chi connectivity index (χ0) is 22.5. The fraction of sp³-hybridized carbons (Fsp3) is 0.250. The minimum absolute atomic E-state index is 0.134. The lowest BCUT2D eigenvalue weighted by Gasteiger charge is -2.19. The van der Waals surface area contributed by atoms with E-state index >= 15 is 0 Å². The van der Waals surface area contributed by atoms with Crippen LogP contribution in [0.3, 0.4) is 0 Å². The SMILES string of the molecule is CCC(NC(=O)Nc1c(O)c(C)cn(C)c1=O)c1ccc(Cc2ccccc2Cl)cc1. The molecule has 2 aromatic carbocycles. The fourth-order valence-electron chi connectivity index (χ4n) is 3.46. The van der Waals surface area contributed by atoms with Crippen LogP contribution in [0.2, 0.25) is 5.02 Å². The number of benzene rings is 2. The summed E-state index contributed by atoms with van der Waals surface area (Å²) in [6.07, 6.45) is 2.90. The van der Waals surface area contributed by atoms with Crippen molar-refractivity contribution in [2.24, 2.45) is 7.05 Å². The van der Waals surface area contributed by atoms with E-state index in [2.05, 4.69) is 10.6 Å². The molecule has 0 aliphatic carbocycles. The third kappa shape index (κ3) is 5.27. The molecule has 0 radical (unpaired) electrons. The number of nitrogens with one attached hydrogen (secondary N) is 2. The van der Waals surface area contributed by atoms with Crippen molar-refractivity contribution < 1.29 is 9.90 Å². The highest BCUT2D eigenvalue weighted by Crippen LogP contribution is 2.24. The number of carbonyl (C=O) groups is 1. The predicted molar refractivity (Wildman–Crippen MR) is 124 cm³/mol. The highest BCUT2D eigenvalue weighted by Gasteiger charge is 2.17. The third-order valence-corrected chi connectivity index (χ3v) is 5.59. The quantitative estimate of drug-likeness (QED) is 0.510. The van der Waals surface area contributed by atoms with Gasteiger partial charge >= 0.3 is 6.03 Å². The molecule has 0 aliphatic heterocycles. The molecular formula is C24H26ClN3O3. The molecule has 1 unspecified atom stereocenters. The molecule has 2 amide bonds. The lowest BCUT2D eigenvalue weighted by molar-refractivity contribution is 0.248. The minimum atomic E-state index is -0.551. The van der Waals surface area contributed by atoms with Crippen molar-refractivity contribution in [1.82, 2.24) is 9.88 Å². The summed E-state index contributed by atoms with van der Waals surface area (Å²) in [5.41, 5.74) is 3.01. The average molecular weight is 440 g/mol. The number of nitrogens with zero attached hydrogens (tertiary/aromatic N) is 1. The molecular weight excluding hydrogens is 414 g/mol. The van der Waals surface area contributed by atoms with Crippen LogP contribution in [0.4, 0.5) is 10.5 Å². The third-order valence-electron chi connectivity index (χ3n) is 5.22. The molecule has 0 spiro atoms. The van der Waals surface area contributed by atoms with Gasteiger partial charge in [0.2, 0.25) is 0 Å². The maximum absolute atomic E-state index is 12.5. The van der Waals surface area contributed by atoms with E-state index in [1.165, 1.54) is 10.8 Å². The first kappa shape index (κ1) is 22.4. The number of anilines is 1. The molecule has 0 saturated carbocycles. The standard InChI is InChI=1S/C24H26ClN3O3/c1-4-20(26-24(31)27-21-22(29)15(2)14-28(3)23(21)30)17-11-9-16(10-12-17)13-18-7-5-6-8-19(18)25/h5-12,14,20,29H,4,13H2,1-3H3,(H2,26,27,31). The van der Waals surface area contributed by atoms with Gasteiger partial charge in [-0.3, -0.25) is 4.79 Å². The summed E-state index contributed by atoms with van der Waals surface area (Å²) in [5, 5.41) is 16.3. The largest absolute Gasteiger partial charge is 0.505 e. The van der Waals surface area contributed by atoms with Crippen molar-refractivity contribution in [2.75, 3.05) is 5.32 Å². The van der Waals surface area contributed by atoms with Crippen LogP contribution >= 0.6 is 11.6 Å². The Morgan fingerprint density at radius 2 is 1.84 bits per heavy atom. The molecule has 1 atom stereocenters. The lowest BCUT2D eigenvalue weighted by atomic mass is 9.99. The molecule has 0 fully saturated rings. The summed E-state index contributed by atoms with van der Waals surface area (Å²) < 4.78 is 1.32. The molecule has 3 N–H and O–H groups in total. The van der Waals surface area contributed by atoms with Gasteiger partial charge in [0.05, 0.1) is 6.04 Å². The number of carbonyl (C=O) groups excluding carboxylic acids is 1. The highest BCUT2D eigenvalue weighted by molar-refractivity contribution is 6.31. The van der Waals surface area contributed by atoms with Crippen LogP contribution in [0.25, 0.3) is 0 Å². The van der Waals surface area contributed by atoms with E-state index in [-0.39, 0.29) is 17.5 Å². The smallest absolute Gasteiger partial charge is 0.319 e. The van der Waals surface area contributed by atoms with Gasteiger partial charge < -0.3 is 20.3 Å². The Bertz CT molecular complexity index is 1140. The van der Waals surface area contributed by atoms with E-state index in [1.807, 2.05) is 55.5 Å². The van der Waals surface area contributed by atoms with Gasteiger partial charge in [-0.15, -0.1) is 0 Å². The van der Waals surface area contributed by atoms with E-state index in [4.69, 9.17) is 11.6 Å². The second-order valence-electron chi connectivity index (χ2n) is 7.52. The van der Waals surface area contributed by atoms with E-state index in [1.54, 1.807) is 14.0 Å². The van der Waals surface area contributed by atoms with Crippen molar-refractivity contribution in [2.45, 2.75) is 32.7 Å². The van der Waals surface area contributed by atoms with Crippen molar-refractivity contribution in [3.8, 4) is 5.75 Å². The normalized spacial score (nSPS) is 11.7. The van der Waals surface area contributed by atoms with Gasteiger partial charge in [-0.25, -0.2) is 4.79 Å². The molecule has 0 bridgehead atoms. The summed E-state index contributed by atoms with van der Waals surface area (Å²) in [6, 6.07) is 14.9. The number of halogens is 1. The maximum Gasteiger partial charge on any atom is 0.319 e. The number of urea groups is 1. The van der Waals surface area contributed by atoms with Gasteiger partial charge in [0.15, 0.2) is 5.69 Å². The maximum atomic E-state index is 12.5. The molecule has 6 nitrogen and oxygen atoms in total. The van der Waals surface area contributed by atoms with Gasteiger partial charge in [-0.2, -0.15) is 0 Å². The summed E-state index contributed by atoms with van der Waals surface area (Å²) in [7, 11) is 1.57. The summed E-state index contributed by atoms with van der Waals surface area (Å²) in [5.74, 6) is -0.227. The molecule has 7 heteroatoms. The molecule has 0 aliphatic rings. The van der Waals surface area contributed by atoms with Crippen LogP contribution in [0, 0.1) is 6.92 Å². The number of aromatic hydroxyl groups is 1. The van der Waals surface area contributed by atoms with Crippen molar-refractivity contribution >= 4 is 23.3 Å². The Balaban J connectivity index is 1.71. The number of amides is 2. The van der Waals surface area contributed by atoms with E-state index in [0.717, 1.165) is 28.1 Å². The van der Waals surface area contributed by atoms with Gasteiger partial charge in [-0.1, -0.05) is 61.0 Å². The molecule has 3 rings (SSSR count). The molecule has 31 heavy (non-hydrogen) atoms. The van der Waals surface area contributed by atoms with Crippen LogP contribution in [0.1, 0.15) is 41.6 Å². The van der Waals surface area contributed by atoms with Crippen LogP contribution in [0.15, 0.2) is 59.5 Å². The minimum Gasteiger partial charge on any atom is -0.505 e. The zero-order valence-corrected chi connectivity index (χ0v) is 18.5. The number of hydrogen-bond donors (Lipinski definition) is 3. The predicted octanol–water partition coefficient (Wildman–Crippen LogP) is 4.92. The number of hydrogen-bond acceptors (Lipinski definition) is 3. The average Bonchev–Trinajstić information content (AvgIpc) is 2.76. The molecule has 1 heterocycles. The summed E-state index contributed by atoms with van der Waals surface area (Å²) >= 11 is 6.25. The first-order valence-electron chi connectivity index (χ1n) is 10.1. The number of rotatable bonds is 6. The van der Waals surface area contributed by atoms with Gasteiger partial charge in [0, 0.05) is 23.8 Å². The molecule has 3 aromatic rings. The number of aromatic nitrogens is 1. The van der Waals surface area contributed by atoms with E-state index in [9.17, 15) is 14.7 Å². The Hall–Kier alpha value is -3.25. The van der Waals surface area contributed by atoms with Crippen LogP contribution in [-0.2, 0) is 13.5 Å². The zero-order valence-electron chi connectivity index (χ0n) is 17.8. The van der Waals surface area contributed by atoms with Crippen molar-refractivity contribution in [3.05, 3.63) is 92.4 Å². The second kappa shape index (κ2) is 9.71. The van der Waals surface area contributed by atoms with Gasteiger partial charge in [0.25, 0.3) is 5.56 Å². The summed E-state index contributed by atoms with van der Waals surface area (Å²) in [4.78, 5) is 24.8. The molecule has 1 aromatic heterocycles. The first-order chi connectivity index (χ1) is 14.8. The van der Waals surface area contributed by atoms with Crippen molar-refractivity contribution in [3.63, 3.8) is 0 Å². The van der Waals surface area contributed by atoms with Gasteiger partial charge in [0.1, 0.15) is 5.75 Å². The summed E-state index contributed by atoms with van der Waals surface area (Å²) in [6.45, 7) is 3.63. The van der Waals surface area contributed by atoms with Crippen molar-refractivity contribution in [1.29, 1.82) is 0 Å². The number of aryl methyl sites for hydroxylation is 2. The lowest BCUT2D eigenvalue weighted by Crippen LogP contribution is -2.35. The molecule has 0 saturated heterocycles. The second-order valence-corrected chi connectivity index (χ2v) is 7.93. The Kier molecular flexibility index (Phi) is 7.02. The Morgan fingerprint density at radius 1 is 1.16 bits per heavy atom. The van der Waals surface area contributed by atoms with Gasteiger partial charge in [-0.05, 0) is 42.5 Å². The van der Waals surface area contributed by atoms with E-state index < -0.39 is 11.6 Å². The number of pyridine rings is 1. The Morgan fingerprint density at radius 3 is 2.48 bits per heavy atom. The van der Waals surface area contributed by atoms with Crippen LogP contribution in [-0.4, -0.2) is 15.7 Å². The van der Waals surface area contributed by atoms with E-state index in [0.29, 0.717) is 12.0 Å². The van der Waals surface area contributed by atoms with Crippen LogP contribution in [0.5, 0.6) is 5.75 Å². The van der Waals surface area contributed by atoms with Crippen LogP contribution < -0.4 is 16.2 Å². The Labute approximate surface area is 186 Å². The topological polar surface area (TPSA) is 83.4 Å². The highest BCUT2D eigenvalue weighted by atomic mass is 35.5. The monoisotopic (exact) mass is 439 g/mol. The molecule has 162 valence electrons. The first-order valence-corrected chi connectivity index (χ1v) is 10.5. The fourth-order valence-corrected chi connectivity index (χ4v) is 3.66.